The van der Waals surface area contributed by atoms with Crippen LogP contribution in [-0.4, -0.2) is 32.4 Å². The summed E-state index contributed by atoms with van der Waals surface area (Å²) in [4.78, 5) is 10.6. The molecule has 2 unspecified atom stereocenters. The normalized spacial score (nSPS) is 14.5. The zero-order chi connectivity index (χ0) is 11.6. The van der Waals surface area contributed by atoms with Gasteiger partial charge in [-0.2, -0.15) is 0 Å². The van der Waals surface area contributed by atoms with Crippen molar-refractivity contribution in [2.24, 2.45) is 5.73 Å². The van der Waals surface area contributed by atoms with Crippen LogP contribution in [0.1, 0.15) is 11.7 Å². The molecular weight excluding hydrogens is 202 g/mol. The SMILES string of the molecule is NC(=O)C(O)C(O)c1ccc(O)cc1O. The van der Waals surface area contributed by atoms with Gasteiger partial charge >= 0.3 is 0 Å². The smallest absolute Gasteiger partial charge is 0.249 e. The Morgan fingerprint density at radius 3 is 2.33 bits per heavy atom. The number of rotatable bonds is 3. The molecule has 2 atom stereocenters. The summed E-state index contributed by atoms with van der Waals surface area (Å²) < 4.78 is 0. The molecular formula is C9H11NO5. The summed E-state index contributed by atoms with van der Waals surface area (Å²) in [6.45, 7) is 0. The number of hydrogen-bond acceptors (Lipinski definition) is 5. The second-order valence-corrected chi connectivity index (χ2v) is 3.04. The fourth-order valence-electron chi connectivity index (χ4n) is 1.11. The first-order valence-electron chi connectivity index (χ1n) is 4.11. The standard InChI is InChI=1S/C9H11NO5/c10-9(15)8(14)7(13)5-2-1-4(11)3-6(5)12/h1-3,7-8,11-14H,(H2,10,15). The molecule has 0 radical (unpaired) electrons. The average Bonchev–Trinajstić information content (AvgIpc) is 2.15. The molecule has 1 rings (SSSR count). The van der Waals surface area contributed by atoms with Crippen LogP contribution in [0.5, 0.6) is 11.5 Å². The number of aliphatic hydroxyl groups is 2. The van der Waals surface area contributed by atoms with Crippen molar-refractivity contribution >= 4 is 5.91 Å². The van der Waals surface area contributed by atoms with Gasteiger partial charge in [0.2, 0.25) is 5.91 Å². The number of primary amides is 1. The predicted molar refractivity (Wildman–Crippen MR) is 49.9 cm³/mol. The fraction of sp³-hybridized carbons (Fsp3) is 0.222. The molecule has 6 heteroatoms. The number of aromatic hydroxyl groups is 2. The van der Waals surface area contributed by atoms with Gasteiger partial charge in [0.25, 0.3) is 0 Å². The number of phenols is 2. The first-order valence-corrected chi connectivity index (χ1v) is 4.11. The largest absolute Gasteiger partial charge is 0.508 e. The third kappa shape index (κ3) is 2.36. The Labute approximate surface area is 85.2 Å². The molecule has 0 heterocycles. The molecule has 6 N–H and O–H groups in total. The highest BCUT2D eigenvalue weighted by molar-refractivity contribution is 5.79. The second-order valence-electron chi connectivity index (χ2n) is 3.04. The maximum absolute atomic E-state index is 10.6. The number of carbonyl (C=O) groups is 1. The zero-order valence-electron chi connectivity index (χ0n) is 7.66. The highest BCUT2D eigenvalue weighted by atomic mass is 16.3. The Balaban J connectivity index is 3.01. The van der Waals surface area contributed by atoms with E-state index in [0.717, 1.165) is 6.07 Å². The molecule has 0 aliphatic carbocycles. The minimum absolute atomic E-state index is 0.0842. The Morgan fingerprint density at radius 1 is 1.27 bits per heavy atom. The Kier molecular flexibility index (Phi) is 3.13. The van der Waals surface area contributed by atoms with E-state index in [1.165, 1.54) is 12.1 Å². The Morgan fingerprint density at radius 2 is 1.87 bits per heavy atom. The summed E-state index contributed by atoms with van der Waals surface area (Å²) >= 11 is 0. The maximum atomic E-state index is 10.6. The first kappa shape index (κ1) is 11.3. The van der Waals surface area contributed by atoms with Crippen molar-refractivity contribution in [3.63, 3.8) is 0 Å². The molecule has 0 bridgehead atoms. The lowest BCUT2D eigenvalue weighted by molar-refractivity contribution is -0.132. The van der Waals surface area contributed by atoms with Gasteiger partial charge < -0.3 is 26.2 Å². The molecule has 0 aliphatic heterocycles. The molecule has 1 aromatic rings. The second kappa shape index (κ2) is 4.16. The summed E-state index contributed by atoms with van der Waals surface area (Å²) in [5.41, 5.74) is 4.69. The molecule has 15 heavy (non-hydrogen) atoms. The molecule has 82 valence electrons. The van der Waals surface area contributed by atoms with E-state index in [-0.39, 0.29) is 11.3 Å². The predicted octanol–water partition coefficient (Wildman–Crippen LogP) is -1.02. The highest BCUT2D eigenvalue weighted by Gasteiger charge is 2.25. The molecule has 0 saturated heterocycles. The van der Waals surface area contributed by atoms with E-state index in [9.17, 15) is 15.0 Å². The van der Waals surface area contributed by atoms with Crippen LogP contribution < -0.4 is 5.73 Å². The van der Waals surface area contributed by atoms with Crippen LogP contribution in [0.3, 0.4) is 0 Å². The summed E-state index contributed by atoms with van der Waals surface area (Å²) in [7, 11) is 0. The van der Waals surface area contributed by atoms with Crippen molar-refractivity contribution in [1.82, 2.24) is 0 Å². The van der Waals surface area contributed by atoms with E-state index in [0.29, 0.717) is 0 Å². The average molecular weight is 213 g/mol. The number of carbonyl (C=O) groups excluding carboxylic acids is 1. The molecule has 0 saturated carbocycles. The third-order valence-electron chi connectivity index (χ3n) is 1.92. The van der Waals surface area contributed by atoms with Crippen LogP contribution in [0.4, 0.5) is 0 Å². The maximum Gasteiger partial charge on any atom is 0.249 e. The molecule has 0 fully saturated rings. The zero-order valence-corrected chi connectivity index (χ0v) is 7.66. The molecule has 0 aromatic heterocycles. The molecule has 0 spiro atoms. The first-order chi connectivity index (χ1) is 6.93. The van der Waals surface area contributed by atoms with Crippen molar-refractivity contribution in [3.8, 4) is 11.5 Å². The number of nitrogens with two attached hydrogens (primary N) is 1. The lowest BCUT2D eigenvalue weighted by Gasteiger charge is -2.16. The fourth-order valence-corrected chi connectivity index (χ4v) is 1.11. The van der Waals surface area contributed by atoms with Crippen LogP contribution in [0.2, 0.25) is 0 Å². The van der Waals surface area contributed by atoms with Gasteiger partial charge in [-0.15, -0.1) is 0 Å². The van der Waals surface area contributed by atoms with Crippen LogP contribution in [0.15, 0.2) is 18.2 Å². The van der Waals surface area contributed by atoms with E-state index in [1.807, 2.05) is 0 Å². The van der Waals surface area contributed by atoms with Gasteiger partial charge in [0.1, 0.15) is 17.6 Å². The van der Waals surface area contributed by atoms with Gasteiger partial charge in [0, 0.05) is 11.6 Å². The number of aliphatic hydroxyl groups excluding tert-OH is 2. The lowest BCUT2D eigenvalue weighted by Crippen LogP contribution is -2.33. The van der Waals surface area contributed by atoms with Crippen molar-refractivity contribution in [1.29, 1.82) is 0 Å². The van der Waals surface area contributed by atoms with E-state index >= 15 is 0 Å². The Bertz CT molecular complexity index is 379. The summed E-state index contributed by atoms with van der Waals surface area (Å²) in [5.74, 6) is -1.73. The summed E-state index contributed by atoms with van der Waals surface area (Å²) in [5, 5.41) is 36.9. The van der Waals surface area contributed by atoms with E-state index in [4.69, 9.17) is 15.9 Å². The molecule has 1 amide bonds. The van der Waals surface area contributed by atoms with Crippen molar-refractivity contribution in [3.05, 3.63) is 23.8 Å². The number of hydrogen-bond donors (Lipinski definition) is 5. The summed E-state index contributed by atoms with van der Waals surface area (Å²) in [6.07, 6.45) is -3.43. The number of phenolic OH excluding ortho intramolecular Hbond substituents is 2. The number of amides is 1. The van der Waals surface area contributed by atoms with Gasteiger partial charge in [0.05, 0.1) is 0 Å². The van der Waals surface area contributed by atoms with Gasteiger partial charge in [-0.3, -0.25) is 4.79 Å². The minimum atomic E-state index is -1.81. The van der Waals surface area contributed by atoms with Crippen molar-refractivity contribution in [2.75, 3.05) is 0 Å². The van der Waals surface area contributed by atoms with E-state index in [2.05, 4.69) is 0 Å². The van der Waals surface area contributed by atoms with Gasteiger partial charge in [0.15, 0.2) is 6.10 Å². The topological polar surface area (TPSA) is 124 Å². The molecule has 1 aromatic carbocycles. The van der Waals surface area contributed by atoms with Gasteiger partial charge in [-0.1, -0.05) is 0 Å². The quantitative estimate of drug-likeness (QED) is 0.439. The summed E-state index contributed by atoms with van der Waals surface area (Å²) in [6, 6.07) is 3.36. The van der Waals surface area contributed by atoms with Crippen LogP contribution >= 0.6 is 0 Å². The number of benzene rings is 1. The van der Waals surface area contributed by atoms with Crippen LogP contribution in [0.25, 0.3) is 0 Å². The minimum Gasteiger partial charge on any atom is -0.508 e. The third-order valence-corrected chi connectivity index (χ3v) is 1.92. The van der Waals surface area contributed by atoms with Crippen molar-refractivity contribution in [2.45, 2.75) is 12.2 Å². The van der Waals surface area contributed by atoms with Crippen LogP contribution in [-0.2, 0) is 4.79 Å². The van der Waals surface area contributed by atoms with Crippen LogP contribution in [0, 0.1) is 0 Å². The highest BCUT2D eigenvalue weighted by Crippen LogP contribution is 2.29. The van der Waals surface area contributed by atoms with E-state index < -0.39 is 23.9 Å². The van der Waals surface area contributed by atoms with E-state index in [1.54, 1.807) is 0 Å². The van der Waals surface area contributed by atoms with Gasteiger partial charge in [-0.05, 0) is 12.1 Å². The Hall–Kier alpha value is -1.79. The van der Waals surface area contributed by atoms with Gasteiger partial charge in [-0.25, -0.2) is 0 Å². The molecule has 0 aliphatic rings. The van der Waals surface area contributed by atoms with Crippen molar-refractivity contribution < 1.29 is 25.2 Å². The monoisotopic (exact) mass is 213 g/mol. The molecule has 6 nitrogen and oxygen atoms in total. The lowest BCUT2D eigenvalue weighted by atomic mass is 10.0.